The summed E-state index contributed by atoms with van der Waals surface area (Å²) in [6.45, 7) is 12.8. The van der Waals surface area contributed by atoms with E-state index in [1.807, 2.05) is 20.9 Å². The minimum atomic E-state index is -0.400. The first-order valence-electron chi connectivity index (χ1n) is 14.1. The van der Waals surface area contributed by atoms with Gasteiger partial charge in [0.15, 0.2) is 0 Å². The summed E-state index contributed by atoms with van der Waals surface area (Å²) in [5.41, 5.74) is -0.696. The van der Waals surface area contributed by atoms with Crippen molar-refractivity contribution < 1.29 is 19.8 Å². The largest absolute Gasteiger partial charge is 0.396 e. The lowest BCUT2D eigenvalue weighted by Crippen LogP contribution is -2.57. The third-order valence-corrected chi connectivity index (χ3v) is 11.9. The van der Waals surface area contributed by atoms with Crippen LogP contribution in [0.25, 0.3) is 0 Å². The Balaban J connectivity index is 1.65. The molecule has 6 heteroatoms. The van der Waals surface area contributed by atoms with Crippen LogP contribution in [0, 0.1) is 51.8 Å². The quantitative estimate of drug-likeness (QED) is 0.473. The predicted octanol–water partition coefficient (Wildman–Crippen LogP) is 3.54. The van der Waals surface area contributed by atoms with Crippen LogP contribution in [0.3, 0.4) is 0 Å². The van der Waals surface area contributed by atoms with Gasteiger partial charge in [0.25, 0.3) is 0 Å². The number of ketones is 1. The molecule has 200 valence electrons. The van der Waals surface area contributed by atoms with Gasteiger partial charge in [0.1, 0.15) is 5.78 Å². The van der Waals surface area contributed by atoms with Crippen molar-refractivity contribution >= 4 is 11.7 Å². The average Bonchev–Trinajstić information content (AvgIpc) is 2.92. The second kappa shape index (κ2) is 9.40. The van der Waals surface area contributed by atoms with Crippen molar-refractivity contribution in [1.29, 1.82) is 0 Å². The van der Waals surface area contributed by atoms with Crippen LogP contribution < -0.4 is 10.6 Å². The Morgan fingerprint density at radius 1 is 1.06 bits per heavy atom. The fraction of sp³-hybridized carbons (Fsp3) is 0.931. The number of aliphatic hydroxyl groups is 2. The van der Waals surface area contributed by atoms with E-state index in [0.29, 0.717) is 18.1 Å². The molecule has 0 saturated heterocycles. The zero-order valence-corrected chi connectivity index (χ0v) is 23.1. The fourth-order valence-corrected chi connectivity index (χ4v) is 9.58. The number of carbonyl (C=O) groups excluding carboxylic acids is 2. The van der Waals surface area contributed by atoms with Gasteiger partial charge < -0.3 is 20.8 Å². The minimum Gasteiger partial charge on any atom is -0.396 e. The first kappa shape index (κ1) is 27.1. The molecule has 35 heavy (non-hydrogen) atoms. The van der Waals surface area contributed by atoms with Gasteiger partial charge in [-0.3, -0.25) is 9.59 Å². The van der Waals surface area contributed by atoms with Crippen molar-refractivity contribution in [3.8, 4) is 0 Å². The second-order valence-electron chi connectivity index (χ2n) is 13.7. The zero-order valence-electron chi connectivity index (χ0n) is 23.1. The van der Waals surface area contributed by atoms with Crippen LogP contribution in [0.4, 0.5) is 0 Å². The van der Waals surface area contributed by atoms with Gasteiger partial charge in [-0.15, -0.1) is 0 Å². The Morgan fingerprint density at radius 3 is 2.31 bits per heavy atom. The molecular formula is C29H50N2O4. The van der Waals surface area contributed by atoms with E-state index in [2.05, 4.69) is 38.3 Å². The zero-order chi connectivity index (χ0) is 25.9. The van der Waals surface area contributed by atoms with E-state index in [9.17, 15) is 19.8 Å². The highest BCUT2D eigenvalue weighted by Gasteiger charge is 2.68. The Morgan fingerprint density at radius 2 is 1.71 bits per heavy atom. The number of fused-ring (bicyclic) bond motifs is 4. The predicted molar refractivity (Wildman–Crippen MR) is 137 cm³/mol. The summed E-state index contributed by atoms with van der Waals surface area (Å²) in [5.74, 6) is 1.40. The number of hydrogen-bond donors (Lipinski definition) is 4. The maximum Gasteiger partial charge on any atom is 0.222 e. The van der Waals surface area contributed by atoms with E-state index in [0.717, 1.165) is 38.5 Å². The number of Topliss-reactive ketones (excluding diaryl/α,β-unsaturated/α-hetero) is 1. The van der Waals surface area contributed by atoms with Crippen molar-refractivity contribution in [2.45, 2.75) is 105 Å². The monoisotopic (exact) mass is 490 g/mol. The van der Waals surface area contributed by atoms with Crippen LogP contribution in [0.1, 0.15) is 86.5 Å². The lowest BCUT2D eigenvalue weighted by molar-refractivity contribution is -0.147. The molecule has 4 aliphatic carbocycles. The molecule has 4 saturated carbocycles. The fourth-order valence-electron chi connectivity index (χ4n) is 9.58. The third kappa shape index (κ3) is 4.01. The van der Waals surface area contributed by atoms with Crippen LogP contribution in [0.2, 0.25) is 0 Å². The van der Waals surface area contributed by atoms with Gasteiger partial charge in [-0.2, -0.15) is 0 Å². The molecule has 11 atom stereocenters. The normalized spacial score (nSPS) is 48.5. The van der Waals surface area contributed by atoms with Crippen LogP contribution >= 0.6 is 0 Å². The van der Waals surface area contributed by atoms with Crippen LogP contribution in [0.5, 0.6) is 0 Å². The molecule has 0 heterocycles. The summed E-state index contributed by atoms with van der Waals surface area (Å²) >= 11 is 0. The van der Waals surface area contributed by atoms with E-state index in [4.69, 9.17) is 0 Å². The molecule has 0 aromatic rings. The van der Waals surface area contributed by atoms with Crippen molar-refractivity contribution in [2.24, 2.45) is 51.8 Å². The Kier molecular flexibility index (Phi) is 7.27. The summed E-state index contributed by atoms with van der Waals surface area (Å²) in [6, 6.07) is 0.118. The summed E-state index contributed by atoms with van der Waals surface area (Å²) in [6.07, 6.45) is 5.59. The highest BCUT2D eigenvalue weighted by atomic mass is 16.3. The van der Waals surface area contributed by atoms with E-state index in [1.165, 1.54) is 0 Å². The van der Waals surface area contributed by atoms with Crippen LogP contribution in [-0.4, -0.2) is 53.7 Å². The summed E-state index contributed by atoms with van der Waals surface area (Å²) < 4.78 is 0. The summed E-state index contributed by atoms with van der Waals surface area (Å²) in [7, 11) is 1.95. The highest BCUT2D eigenvalue weighted by molar-refractivity contribution is 5.83. The van der Waals surface area contributed by atoms with Crippen molar-refractivity contribution in [1.82, 2.24) is 10.6 Å². The highest BCUT2D eigenvalue weighted by Crippen LogP contribution is 2.69. The van der Waals surface area contributed by atoms with Crippen molar-refractivity contribution in [3.05, 3.63) is 0 Å². The Hall–Kier alpha value is -0.980. The molecular weight excluding hydrogens is 440 g/mol. The number of aliphatic hydroxyl groups excluding tert-OH is 2. The lowest BCUT2D eigenvalue weighted by Gasteiger charge is -2.55. The topological polar surface area (TPSA) is 98.7 Å². The van der Waals surface area contributed by atoms with E-state index in [1.54, 1.807) is 0 Å². The van der Waals surface area contributed by atoms with Crippen molar-refractivity contribution in [2.75, 3.05) is 13.7 Å². The molecule has 6 nitrogen and oxygen atoms in total. The number of amides is 1. The molecule has 0 spiro atoms. The van der Waals surface area contributed by atoms with Crippen LogP contribution in [-0.2, 0) is 9.59 Å². The van der Waals surface area contributed by atoms with Gasteiger partial charge in [-0.05, 0) is 81.1 Å². The van der Waals surface area contributed by atoms with Crippen molar-refractivity contribution in [3.63, 3.8) is 0 Å². The van der Waals surface area contributed by atoms with E-state index in [-0.39, 0.29) is 70.4 Å². The molecule has 0 unspecified atom stereocenters. The SMILES string of the molecule is CN[C@@H](C)[C@H]1[C@H](O)C[C@@]2(C)[C@@H]3CC[C@@H]4[C@@H](CC[C@H](NC(=O)C(C)C)[C@@]4(C)CO)C[C@H]3C(=O)C[C@]12C. The number of carbonyl (C=O) groups is 2. The van der Waals surface area contributed by atoms with Gasteiger partial charge in [0.2, 0.25) is 5.91 Å². The molecule has 1 amide bonds. The molecule has 0 aromatic heterocycles. The summed E-state index contributed by atoms with van der Waals surface area (Å²) in [4.78, 5) is 26.4. The number of rotatable bonds is 5. The number of hydrogen-bond acceptors (Lipinski definition) is 5. The molecule has 4 rings (SSSR count). The molecule has 4 aliphatic rings. The summed E-state index contributed by atoms with van der Waals surface area (Å²) in [5, 5.41) is 28.5. The van der Waals surface area contributed by atoms with E-state index >= 15 is 0 Å². The molecule has 0 aliphatic heterocycles. The third-order valence-electron chi connectivity index (χ3n) is 11.9. The van der Waals surface area contributed by atoms with Gasteiger partial charge >= 0.3 is 0 Å². The van der Waals surface area contributed by atoms with Crippen LogP contribution in [0.15, 0.2) is 0 Å². The standard InChI is InChI=1S/C29H50N2O4/c1-16(2)26(35)31-24-11-8-18-12-19-21(10-9-20(18)27(24,4)15-32)28(5)14-23(34)25(17(3)30-7)29(28,6)13-22(19)33/h16-21,23-25,30,32,34H,8-15H2,1-7H3,(H,31,35)/t17-,18-,19+,20+,21+,23+,24-,25-,27-,28-,29+/m0/s1. The molecule has 0 aromatic carbocycles. The van der Waals surface area contributed by atoms with Gasteiger partial charge in [0.05, 0.1) is 12.7 Å². The lowest BCUT2D eigenvalue weighted by atomic mass is 9.48. The van der Waals surface area contributed by atoms with Gasteiger partial charge in [-0.1, -0.05) is 34.6 Å². The first-order valence-corrected chi connectivity index (χ1v) is 14.1. The minimum absolute atomic E-state index is 0.0329. The molecule has 4 N–H and O–H groups in total. The van der Waals surface area contributed by atoms with E-state index < -0.39 is 6.10 Å². The average molecular weight is 491 g/mol. The van der Waals surface area contributed by atoms with Gasteiger partial charge in [0, 0.05) is 41.7 Å². The maximum atomic E-state index is 13.8. The second-order valence-corrected chi connectivity index (χ2v) is 13.7. The number of nitrogens with one attached hydrogen (secondary N) is 2. The Bertz CT molecular complexity index is 831. The first-order chi connectivity index (χ1) is 16.3. The molecule has 0 radical (unpaired) electrons. The Labute approximate surface area is 212 Å². The van der Waals surface area contributed by atoms with Gasteiger partial charge in [-0.25, -0.2) is 0 Å². The maximum absolute atomic E-state index is 13.8. The molecule has 4 fully saturated rings. The smallest absolute Gasteiger partial charge is 0.222 e. The molecule has 0 bridgehead atoms.